The molecule has 154 valence electrons. The lowest BCUT2D eigenvalue weighted by molar-refractivity contribution is 0.105. The second kappa shape index (κ2) is 8.05. The van der Waals surface area contributed by atoms with E-state index in [0.29, 0.717) is 12.6 Å². The molecule has 0 bridgehead atoms. The molecule has 2 atom stereocenters. The molecule has 0 saturated carbocycles. The Bertz CT molecular complexity index is 707. The first-order valence-corrected chi connectivity index (χ1v) is 10.2. The van der Waals surface area contributed by atoms with Crippen molar-refractivity contribution in [3.8, 4) is 5.75 Å². The number of amides is 1. The number of hydrogen-bond acceptors (Lipinski definition) is 7. The first kappa shape index (κ1) is 19.1. The van der Waals surface area contributed by atoms with Gasteiger partial charge in [-0.05, 0) is 38.3 Å². The number of rotatable bonds is 4. The zero-order valence-electron chi connectivity index (χ0n) is 16.6. The number of ether oxygens (including phenoxy) is 2. The maximum absolute atomic E-state index is 11.9. The average Bonchev–Trinajstić information content (AvgIpc) is 3.32. The van der Waals surface area contributed by atoms with Crippen LogP contribution in [-0.2, 0) is 4.74 Å². The van der Waals surface area contributed by atoms with E-state index in [1.165, 1.54) is 0 Å². The summed E-state index contributed by atoms with van der Waals surface area (Å²) in [5.41, 5.74) is 1.94. The number of nitrogens with zero attached hydrogens (tertiary/aromatic N) is 3. The van der Waals surface area contributed by atoms with Gasteiger partial charge in [0.2, 0.25) is 6.35 Å². The van der Waals surface area contributed by atoms with Crippen LogP contribution in [0.2, 0.25) is 0 Å². The summed E-state index contributed by atoms with van der Waals surface area (Å²) in [7, 11) is 1.66. The number of benzene rings is 1. The Morgan fingerprint density at radius 3 is 2.68 bits per heavy atom. The van der Waals surface area contributed by atoms with Gasteiger partial charge in [-0.3, -0.25) is 4.90 Å². The lowest BCUT2D eigenvalue weighted by Crippen LogP contribution is -2.51. The van der Waals surface area contributed by atoms with E-state index in [9.17, 15) is 9.90 Å². The largest absolute Gasteiger partial charge is 0.497 e. The summed E-state index contributed by atoms with van der Waals surface area (Å²) >= 11 is 0. The van der Waals surface area contributed by atoms with E-state index in [4.69, 9.17) is 9.47 Å². The molecule has 3 heterocycles. The van der Waals surface area contributed by atoms with Gasteiger partial charge in [0.05, 0.1) is 25.1 Å². The number of piperidine rings is 1. The Labute approximate surface area is 166 Å². The van der Waals surface area contributed by atoms with Crippen molar-refractivity contribution in [1.82, 2.24) is 9.80 Å². The molecular formula is C20H30N4O4. The SMILES string of the molecule is CCOC(=O)N1CCC(N2CCC(N3c4cc(OC)ccc4NC3O)CC2)C1. The number of fused-ring (bicyclic) bond motifs is 1. The van der Waals surface area contributed by atoms with E-state index in [0.717, 1.165) is 62.6 Å². The fourth-order valence-electron chi connectivity index (χ4n) is 4.66. The second-order valence-corrected chi connectivity index (χ2v) is 7.66. The molecule has 0 spiro atoms. The Morgan fingerprint density at radius 2 is 1.96 bits per heavy atom. The van der Waals surface area contributed by atoms with Crippen LogP contribution >= 0.6 is 0 Å². The minimum Gasteiger partial charge on any atom is -0.497 e. The number of carbonyl (C=O) groups excluding carboxylic acids is 1. The fraction of sp³-hybridized carbons (Fsp3) is 0.650. The summed E-state index contributed by atoms with van der Waals surface area (Å²) < 4.78 is 10.5. The molecule has 4 rings (SSSR count). The minimum absolute atomic E-state index is 0.197. The van der Waals surface area contributed by atoms with Gasteiger partial charge in [-0.15, -0.1) is 0 Å². The molecule has 0 radical (unpaired) electrons. The number of anilines is 2. The lowest BCUT2D eigenvalue weighted by atomic mass is 10.0. The molecular weight excluding hydrogens is 360 g/mol. The normalized spacial score (nSPS) is 25.5. The van der Waals surface area contributed by atoms with Crippen molar-refractivity contribution >= 4 is 17.5 Å². The third-order valence-electron chi connectivity index (χ3n) is 6.13. The minimum atomic E-state index is -0.704. The van der Waals surface area contributed by atoms with Crippen molar-refractivity contribution in [3.05, 3.63) is 18.2 Å². The van der Waals surface area contributed by atoms with E-state index in [1.807, 2.05) is 30.0 Å². The number of aliphatic hydroxyl groups excluding tert-OH is 1. The first-order chi connectivity index (χ1) is 13.6. The summed E-state index contributed by atoms with van der Waals surface area (Å²) in [6.45, 7) is 5.71. The van der Waals surface area contributed by atoms with Crippen LogP contribution in [0.3, 0.4) is 0 Å². The van der Waals surface area contributed by atoms with E-state index >= 15 is 0 Å². The van der Waals surface area contributed by atoms with Crippen molar-refractivity contribution in [2.24, 2.45) is 0 Å². The number of likely N-dealkylation sites (tertiary alicyclic amines) is 2. The number of methoxy groups -OCH3 is 1. The van der Waals surface area contributed by atoms with E-state index in [1.54, 1.807) is 7.11 Å². The molecule has 2 N–H and O–H groups in total. The molecule has 1 amide bonds. The summed E-state index contributed by atoms with van der Waals surface area (Å²) in [4.78, 5) is 18.3. The molecule has 2 unspecified atom stereocenters. The standard InChI is InChI=1S/C20H30N4O4/c1-3-28-20(26)23-11-8-15(13-23)22-9-6-14(7-10-22)24-18-12-16(27-2)4-5-17(18)21-19(24)25/h4-5,12,14-15,19,21,25H,3,6-11,13H2,1-2H3. The van der Waals surface area contributed by atoms with Crippen LogP contribution in [0.5, 0.6) is 5.75 Å². The maximum atomic E-state index is 11.9. The van der Waals surface area contributed by atoms with Crippen molar-refractivity contribution in [3.63, 3.8) is 0 Å². The third kappa shape index (κ3) is 3.58. The van der Waals surface area contributed by atoms with Crippen molar-refractivity contribution < 1.29 is 19.4 Å². The lowest BCUT2D eigenvalue weighted by Gasteiger charge is -2.41. The quantitative estimate of drug-likeness (QED) is 0.813. The summed E-state index contributed by atoms with van der Waals surface area (Å²) in [5, 5.41) is 13.7. The van der Waals surface area contributed by atoms with Gasteiger partial charge in [0.1, 0.15) is 5.75 Å². The highest BCUT2D eigenvalue weighted by atomic mass is 16.6. The number of aliphatic hydroxyl groups is 1. The Hall–Kier alpha value is -2.19. The van der Waals surface area contributed by atoms with Gasteiger partial charge in [-0.25, -0.2) is 4.79 Å². The average molecular weight is 390 g/mol. The van der Waals surface area contributed by atoms with Crippen LogP contribution in [0.1, 0.15) is 26.2 Å². The molecule has 2 saturated heterocycles. The number of nitrogens with one attached hydrogen (secondary N) is 1. The summed E-state index contributed by atoms with van der Waals surface area (Å²) in [6.07, 6.45) is 2.05. The van der Waals surface area contributed by atoms with E-state index in [2.05, 4.69) is 15.1 Å². The van der Waals surface area contributed by atoms with E-state index in [-0.39, 0.29) is 12.1 Å². The predicted octanol–water partition coefficient (Wildman–Crippen LogP) is 1.90. The van der Waals surface area contributed by atoms with Crippen LogP contribution < -0.4 is 15.0 Å². The molecule has 8 heteroatoms. The van der Waals surface area contributed by atoms with Crippen LogP contribution in [0.15, 0.2) is 18.2 Å². The van der Waals surface area contributed by atoms with Gasteiger partial charge in [-0.2, -0.15) is 0 Å². The molecule has 8 nitrogen and oxygen atoms in total. The fourth-order valence-corrected chi connectivity index (χ4v) is 4.66. The van der Waals surface area contributed by atoms with Gasteiger partial charge in [-0.1, -0.05) is 0 Å². The number of carbonyl (C=O) groups is 1. The Kier molecular flexibility index (Phi) is 5.50. The summed E-state index contributed by atoms with van der Waals surface area (Å²) in [5.74, 6) is 0.794. The van der Waals surface area contributed by atoms with Gasteiger partial charge in [0, 0.05) is 44.3 Å². The molecule has 0 aromatic heterocycles. The third-order valence-corrected chi connectivity index (χ3v) is 6.13. The van der Waals surface area contributed by atoms with Gasteiger partial charge in [0.15, 0.2) is 0 Å². The molecule has 0 aliphatic carbocycles. The first-order valence-electron chi connectivity index (χ1n) is 10.2. The molecule has 3 aliphatic heterocycles. The van der Waals surface area contributed by atoms with Crippen molar-refractivity contribution in [2.45, 2.75) is 44.6 Å². The molecule has 1 aromatic carbocycles. The molecule has 1 aromatic rings. The van der Waals surface area contributed by atoms with Gasteiger partial charge >= 0.3 is 6.09 Å². The summed E-state index contributed by atoms with van der Waals surface area (Å²) in [6, 6.07) is 6.52. The second-order valence-electron chi connectivity index (χ2n) is 7.66. The Balaban J connectivity index is 1.36. The highest BCUT2D eigenvalue weighted by Crippen LogP contribution is 2.40. The zero-order chi connectivity index (χ0) is 19.7. The maximum Gasteiger partial charge on any atom is 0.409 e. The van der Waals surface area contributed by atoms with Crippen LogP contribution in [0.25, 0.3) is 0 Å². The number of hydrogen-bond donors (Lipinski definition) is 2. The smallest absolute Gasteiger partial charge is 0.409 e. The zero-order valence-corrected chi connectivity index (χ0v) is 16.6. The van der Waals surface area contributed by atoms with Gasteiger partial charge < -0.3 is 29.7 Å². The van der Waals surface area contributed by atoms with Crippen LogP contribution in [0, 0.1) is 0 Å². The molecule has 28 heavy (non-hydrogen) atoms. The van der Waals surface area contributed by atoms with Crippen molar-refractivity contribution in [2.75, 3.05) is 50.1 Å². The van der Waals surface area contributed by atoms with Crippen LogP contribution in [0.4, 0.5) is 16.2 Å². The molecule has 2 fully saturated rings. The highest BCUT2D eigenvalue weighted by Gasteiger charge is 2.38. The highest BCUT2D eigenvalue weighted by molar-refractivity contribution is 5.77. The Morgan fingerprint density at radius 1 is 1.21 bits per heavy atom. The van der Waals surface area contributed by atoms with Crippen LogP contribution in [-0.4, -0.2) is 79.3 Å². The van der Waals surface area contributed by atoms with Crippen molar-refractivity contribution in [1.29, 1.82) is 0 Å². The topological polar surface area (TPSA) is 77.5 Å². The predicted molar refractivity (Wildman–Crippen MR) is 107 cm³/mol. The molecule has 3 aliphatic rings. The monoisotopic (exact) mass is 390 g/mol. The van der Waals surface area contributed by atoms with E-state index < -0.39 is 6.35 Å². The van der Waals surface area contributed by atoms with Gasteiger partial charge in [0.25, 0.3) is 0 Å².